The van der Waals surface area contributed by atoms with E-state index >= 15 is 0 Å². The van der Waals surface area contributed by atoms with Gasteiger partial charge in [0.05, 0.1) is 23.7 Å². The van der Waals surface area contributed by atoms with Crippen molar-refractivity contribution >= 4 is 27.5 Å². The number of hydrogen-bond acceptors (Lipinski definition) is 4. The molecule has 1 amide bonds. The molecule has 116 valence electrons. The van der Waals surface area contributed by atoms with Crippen molar-refractivity contribution < 1.29 is 14.5 Å². The zero-order valence-electron chi connectivity index (χ0n) is 12.3. The van der Waals surface area contributed by atoms with Crippen molar-refractivity contribution in [2.45, 2.75) is 32.2 Å². The van der Waals surface area contributed by atoms with Crippen LogP contribution in [0.1, 0.15) is 37.0 Å². The number of carbonyl (C=O) groups is 1. The van der Waals surface area contributed by atoms with E-state index in [1.165, 1.54) is 25.3 Å². The summed E-state index contributed by atoms with van der Waals surface area (Å²) in [6.07, 6.45) is 1.55. The second-order valence-corrected chi connectivity index (χ2v) is 5.28. The summed E-state index contributed by atoms with van der Waals surface area (Å²) < 4.78 is 5.10. The van der Waals surface area contributed by atoms with Crippen molar-refractivity contribution in [3.05, 3.63) is 33.9 Å². The lowest BCUT2D eigenvalue weighted by atomic mass is 9.95. The summed E-state index contributed by atoms with van der Waals surface area (Å²) in [7, 11) is 1.38. The van der Waals surface area contributed by atoms with Gasteiger partial charge in [-0.25, -0.2) is 0 Å². The van der Waals surface area contributed by atoms with Crippen molar-refractivity contribution in [1.82, 2.24) is 5.32 Å². The van der Waals surface area contributed by atoms with Crippen LogP contribution in [0.15, 0.2) is 18.2 Å². The second-order valence-electron chi connectivity index (χ2n) is 4.72. The van der Waals surface area contributed by atoms with Crippen LogP contribution >= 0.6 is 15.9 Å². The van der Waals surface area contributed by atoms with Gasteiger partial charge in [-0.1, -0.05) is 29.8 Å². The Balaban J connectivity index is 3.10. The second kappa shape index (κ2) is 7.40. The van der Waals surface area contributed by atoms with Crippen molar-refractivity contribution in [2.75, 3.05) is 12.4 Å². The summed E-state index contributed by atoms with van der Waals surface area (Å²) in [5.74, 6) is -0.109. The maximum Gasteiger partial charge on any atom is 0.273 e. The Bertz CT molecular complexity index is 521. The first kappa shape index (κ1) is 17.4. The van der Waals surface area contributed by atoms with E-state index in [4.69, 9.17) is 4.74 Å². The molecular weight excluding hydrogens is 340 g/mol. The zero-order valence-corrected chi connectivity index (χ0v) is 13.9. The molecule has 7 heteroatoms. The molecule has 0 spiro atoms. The molecule has 1 aromatic carbocycles. The van der Waals surface area contributed by atoms with Crippen LogP contribution in [-0.2, 0) is 0 Å². The third kappa shape index (κ3) is 3.93. The van der Waals surface area contributed by atoms with E-state index < -0.39 is 4.92 Å². The molecule has 0 saturated heterocycles. The van der Waals surface area contributed by atoms with E-state index in [1.54, 1.807) is 0 Å². The van der Waals surface area contributed by atoms with Gasteiger partial charge in [-0.05, 0) is 18.9 Å². The highest BCUT2D eigenvalue weighted by Crippen LogP contribution is 2.26. The maximum absolute atomic E-state index is 12.4. The molecule has 1 aromatic rings. The Kier molecular flexibility index (Phi) is 6.14. The quantitative estimate of drug-likeness (QED) is 0.460. The molecular formula is C14H19BrN2O4. The number of ether oxygens (including phenoxy) is 1. The third-order valence-corrected chi connectivity index (χ3v) is 4.70. The zero-order chi connectivity index (χ0) is 16.0. The van der Waals surface area contributed by atoms with Gasteiger partial charge in [-0.2, -0.15) is 0 Å². The van der Waals surface area contributed by atoms with E-state index in [9.17, 15) is 14.9 Å². The molecule has 0 bridgehead atoms. The molecule has 1 rings (SSSR count). The van der Waals surface area contributed by atoms with E-state index in [1.807, 2.05) is 13.8 Å². The number of alkyl halides is 1. The van der Waals surface area contributed by atoms with Crippen molar-refractivity contribution in [1.29, 1.82) is 0 Å². The SMILES string of the molecule is CCC(CC)(CBr)NC(=O)c1ccc([N+](=O)[O-])cc1OC. The summed E-state index contributed by atoms with van der Waals surface area (Å²) in [5, 5.41) is 14.4. The third-order valence-electron chi connectivity index (χ3n) is 3.63. The van der Waals surface area contributed by atoms with Crippen molar-refractivity contribution in [2.24, 2.45) is 0 Å². The number of hydrogen-bond donors (Lipinski definition) is 1. The van der Waals surface area contributed by atoms with Crippen LogP contribution in [0.5, 0.6) is 5.75 Å². The number of nitrogens with zero attached hydrogens (tertiary/aromatic N) is 1. The van der Waals surface area contributed by atoms with Gasteiger partial charge >= 0.3 is 0 Å². The largest absolute Gasteiger partial charge is 0.496 e. The molecule has 0 heterocycles. The van der Waals surface area contributed by atoms with Gasteiger partial charge in [0.2, 0.25) is 0 Å². The minimum atomic E-state index is -0.523. The fourth-order valence-corrected chi connectivity index (χ4v) is 2.87. The standard InChI is InChI=1S/C14H19BrN2O4/c1-4-14(5-2,9-15)16-13(18)11-7-6-10(17(19)20)8-12(11)21-3/h6-8H,4-5,9H2,1-3H3,(H,16,18). The van der Waals surface area contributed by atoms with Crippen LogP contribution in [0.25, 0.3) is 0 Å². The number of rotatable bonds is 7. The summed E-state index contributed by atoms with van der Waals surface area (Å²) in [5.41, 5.74) is -0.166. The maximum atomic E-state index is 12.4. The first-order valence-electron chi connectivity index (χ1n) is 6.64. The van der Waals surface area contributed by atoms with E-state index in [0.717, 1.165) is 12.8 Å². The van der Waals surface area contributed by atoms with Gasteiger partial charge in [0.1, 0.15) is 5.75 Å². The van der Waals surface area contributed by atoms with Gasteiger partial charge in [-0.3, -0.25) is 14.9 Å². The molecule has 0 unspecified atom stereocenters. The van der Waals surface area contributed by atoms with Crippen LogP contribution in [-0.4, -0.2) is 28.8 Å². The summed E-state index contributed by atoms with van der Waals surface area (Å²) >= 11 is 3.43. The number of carbonyl (C=O) groups excluding carboxylic acids is 1. The minimum absolute atomic E-state index is 0.110. The highest BCUT2D eigenvalue weighted by molar-refractivity contribution is 9.09. The molecule has 0 aliphatic carbocycles. The lowest BCUT2D eigenvalue weighted by Gasteiger charge is -2.31. The molecule has 0 atom stereocenters. The average Bonchev–Trinajstić information content (AvgIpc) is 2.51. The summed E-state index contributed by atoms with van der Waals surface area (Å²) in [4.78, 5) is 22.7. The number of nitro benzene ring substituents is 1. The Hall–Kier alpha value is -1.63. The Morgan fingerprint density at radius 2 is 2.05 bits per heavy atom. The van der Waals surface area contributed by atoms with Crippen molar-refractivity contribution in [3.63, 3.8) is 0 Å². The number of nitro groups is 1. The number of nitrogens with one attached hydrogen (secondary N) is 1. The normalized spacial score (nSPS) is 11.0. The van der Waals surface area contributed by atoms with Crippen LogP contribution in [0.3, 0.4) is 0 Å². The predicted molar refractivity (Wildman–Crippen MR) is 84.2 cm³/mol. The summed E-state index contributed by atoms with van der Waals surface area (Å²) in [6.45, 7) is 4.00. The lowest BCUT2D eigenvalue weighted by Crippen LogP contribution is -2.49. The van der Waals surface area contributed by atoms with Crippen molar-refractivity contribution in [3.8, 4) is 5.75 Å². The van der Waals surface area contributed by atoms with Gasteiger partial charge in [0.25, 0.3) is 11.6 Å². The van der Waals surface area contributed by atoms with Crippen LogP contribution in [0, 0.1) is 10.1 Å². The number of amides is 1. The molecule has 0 aliphatic heterocycles. The van der Waals surface area contributed by atoms with Gasteiger partial charge in [0, 0.05) is 16.9 Å². The average molecular weight is 359 g/mol. The molecule has 0 fully saturated rings. The topological polar surface area (TPSA) is 81.5 Å². The van der Waals surface area contributed by atoms with Crippen LogP contribution < -0.4 is 10.1 Å². The molecule has 0 radical (unpaired) electrons. The molecule has 21 heavy (non-hydrogen) atoms. The van der Waals surface area contributed by atoms with E-state index in [0.29, 0.717) is 5.33 Å². The number of non-ortho nitro benzene ring substituents is 1. The van der Waals surface area contributed by atoms with E-state index in [-0.39, 0.29) is 28.4 Å². The summed E-state index contributed by atoms with van der Waals surface area (Å²) in [6, 6.07) is 3.96. The Labute approximate surface area is 132 Å². The molecule has 6 nitrogen and oxygen atoms in total. The number of halogens is 1. The van der Waals surface area contributed by atoms with Gasteiger partial charge < -0.3 is 10.1 Å². The first-order chi connectivity index (χ1) is 9.92. The van der Waals surface area contributed by atoms with Crippen LogP contribution in [0.4, 0.5) is 5.69 Å². The highest BCUT2D eigenvalue weighted by atomic mass is 79.9. The minimum Gasteiger partial charge on any atom is -0.496 e. The van der Waals surface area contributed by atoms with Gasteiger partial charge in [-0.15, -0.1) is 0 Å². The Morgan fingerprint density at radius 3 is 2.48 bits per heavy atom. The lowest BCUT2D eigenvalue weighted by molar-refractivity contribution is -0.384. The monoisotopic (exact) mass is 358 g/mol. The fraction of sp³-hybridized carbons (Fsp3) is 0.500. The molecule has 1 N–H and O–H groups in total. The predicted octanol–water partition coefficient (Wildman–Crippen LogP) is 3.29. The van der Waals surface area contributed by atoms with Gasteiger partial charge in [0.15, 0.2) is 0 Å². The molecule has 0 saturated carbocycles. The van der Waals surface area contributed by atoms with E-state index in [2.05, 4.69) is 21.2 Å². The first-order valence-corrected chi connectivity index (χ1v) is 7.76. The highest BCUT2D eigenvalue weighted by Gasteiger charge is 2.28. The number of benzene rings is 1. The Morgan fingerprint density at radius 1 is 1.43 bits per heavy atom. The number of methoxy groups -OCH3 is 1. The molecule has 0 aromatic heterocycles. The fourth-order valence-electron chi connectivity index (χ4n) is 1.94. The smallest absolute Gasteiger partial charge is 0.273 e. The van der Waals surface area contributed by atoms with Crippen LogP contribution in [0.2, 0.25) is 0 Å². The molecule has 0 aliphatic rings.